The number of ether oxygens (including phenoxy) is 2. The maximum atomic E-state index is 13.4. The van der Waals surface area contributed by atoms with E-state index in [1.165, 1.54) is 31.4 Å². The van der Waals surface area contributed by atoms with Crippen molar-refractivity contribution in [2.24, 2.45) is 16.6 Å². The predicted octanol–water partition coefficient (Wildman–Crippen LogP) is 5.90. The maximum absolute atomic E-state index is 13.4. The minimum atomic E-state index is -4.76. The lowest BCUT2D eigenvalue weighted by atomic mass is 9.89. The third kappa shape index (κ3) is 6.89. The Balaban J connectivity index is 1.62. The highest BCUT2D eigenvalue weighted by Gasteiger charge is 2.41. The molecule has 3 aromatic rings. The Bertz CT molecular complexity index is 1470. The van der Waals surface area contributed by atoms with Gasteiger partial charge < -0.3 is 20.1 Å². The Morgan fingerprint density at radius 3 is 2.20 bits per heavy atom. The summed E-state index contributed by atoms with van der Waals surface area (Å²) in [5.74, 6) is -0.955. The number of rotatable bonds is 7. The quantitative estimate of drug-likeness (QED) is 0.275. The molecule has 41 heavy (non-hydrogen) atoms. The maximum Gasteiger partial charge on any atom is 0.430 e. The first-order valence-electron chi connectivity index (χ1n) is 12.5. The SMILES string of the molecule is COC(=O)[C@@H]1CN(C(=O)c2ccc(C(C=C(N)C(F)(F)F)=Nc3ccccc3Cl)cc2)C[C@@H]1c1ccc(OC)cc1. The number of carbonyl (C=O) groups is 2. The molecule has 2 N–H and O–H groups in total. The van der Waals surface area contributed by atoms with E-state index in [0.29, 0.717) is 11.3 Å². The van der Waals surface area contributed by atoms with Gasteiger partial charge in [-0.2, -0.15) is 13.2 Å². The number of carbonyl (C=O) groups excluding carboxylic acids is 2. The minimum absolute atomic E-state index is 0.0848. The van der Waals surface area contributed by atoms with E-state index in [2.05, 4.69) is 4.99 Å². The minimum Gasteiger partial charge on any atom is -0.497 e. The monoisotopic (exact) mass is 585 g/mol. The number of alkyl halides is 3. The Morgan fingerprint density at radius 2 is 1.61 bits per heavy atom. The van der Waals surface area contributed by atoms with Crippen LogP contribution in [0.2, 0.25) is 5.02 Å². The molecule has 1 aliphatic heterocycles. The summed E-state index contributed by atoms with van der Waals surface area (Å²) >= 11 is 6.17. The molecule has 1 heterocycles. The van der Waals surface area contributed by atoms with E-state index in [0.717, 1.165) is 11.6 Å². The molecule has 1 fully saturated rings. The summed E-state index contributed by atoms with van der Waals surface area (Å²) < 4.78 is 49.9. The van der Waals surface area contributed by atoms with Crippen LogP contribution in [0, 0.1) is 5.92 Å². The summed E-state index contributed by atoms with van der Waals surface area (Å²) in [5, 5.41) is 0.247. The van der Waals surface area contributed by atoms with Crippen LogP contribution < -0.4 is 10.5 Å². The lowest BCUT2D eigenvalue weighted by Gasteiger charge is -2.17. The number of hydrogen-bond acceptors (Lipinski definition) is 6. The molecule has 0 aliphatic carbocycles. The molecule has 0 radical (unpaired) electrons. The van der Waals surface area contributed by atoms with Crippen molar-refractivity contribution in [2.45, 2.75) is 12.1 Å². The van der Waals surface area contributed by atoms with Gasteiger partial charge in [-0.25, -0.2) is 4.99 Å². The van der Waals surface area contributed by atoms with Gasteiger partial charge in [0, 0.05) is 30.1 Å². The molecule has 214 valence electrons. The molecule has 3 aromatic carbocycles. The molecule has 1 aliphatic rings. The molecule has 4 rings (SSSR count). The zero-order valence-corrected chi connectivity index (χ0v) is 22.9. The lowest BCUT2D eigenvalue weighted by Crippen LogP contribution is -2.30. The van der Waals surface area contributed by atoms with Gasteiger partial charge in [-0.3, -0.25) is 9.59 Å². The summed E-state index contributed by atoms with van der Waals surface area (Å²) in [6.07, 6.45) is -4.04. The second-order valence-electron chi connectivity index (χ2n) is 9.34. The van der Waals surface area contributed by atoms with Crippen molar-refractivity contribution >= 4 is 34.9 Å². The van der Waals surface area contributed by atoms with Crippen LogP contribution in [0.25, 0.3) is 0 Å². The van der Waals surface area contributed by atoms with E-state index >= 15 is 0 Å². The fourth-order valence-electron chi connectivity index (χ4n) is 4.60. The zero-order chi connectivity index (χ0) is 29.7. The molecular weight excluding hydrogens is 559 g/mol. The third-order valence-corrected chi connectivity index (χ3v) is 7.12. The highest BCUT2D eigenvalue weighted by molar-refractivity contribution is 6.33. The Kier molecular flexibility index (Phi) is 9.02. The van der Waals surface area contributed by atoms with Crippen molar-refractivity contribution < 1.29 is 32.2 Å². The Morgan fingerprint density at radius 1 is 0.976 bits per heavy atom. The normalized spacial score (nSPS) is 17.9. The van der Waals surface area contributed by atoms with Crippen LogP contribution in [0.3, 0.4) is 0 Å². The average Bonchev–Trinajstić information content (AvgIpc) is 3.42. The van der Waals surface area contributed by atoms with Crippen molar-refractivity contribution in [3.63, 3.8) is 0 Å². The average molecular weight is 586 g/mol. The molecule has 0 bridgehead atoms. The van der Waals surface area contributed by atoms with Crippen molar-refractivity contribution in [3.05, 3.63) is 106 Å². The van der Waals surface area contributed by atoms with Gasteiger partial charge in [0.05, 0.1) is 36.6 Å². The van der Waals surface area contributed by atoms with E-state index in [-0.39, 0.29) is 46.9 Å². The molecular formula is C30H27ClF3N3O4. The predicted molar refractivity (Wildman–Crippen MR) is 150 cm³/mol. The number of hydrogen-bond donors (Lipinski definition) is 1. The summed E-state index contributed by atoms with van der Waals surface area (Å²) in [4.78, 5) is 31.9. The van der Waals surface area contributed by atoms with Gasteiger partial charge >= 0.3 is 12.1 Å². The van der Waals surface area contributed by atoms with Crippen molar-refractivity contribution in [1.82, 2.24) is 4.90 Å². The van der Waals surface area contributed by atoms with E-state index in [1.54, 1.807) is 48.4 Å². The van der Waals surface area contributed by atoms with E-state index in [1.807, 2.05) is 12.1 Å². The first kappa shape index (κ1) is 29.7. The van der Waals surface area contributed by atoms with Crippen LogP contribution in [0.4, 0.5) is 18.9 Å². The van der Waals surface area contributed by atoms with Crippen LogP contribution >= 0.6 is 11.6 Å². The van der Waals surface area contributed by atoms with E-state index in [9.17, 15) is 22.8 Å². The Labute approximate surface area is 240 Å². The molecule has 0 spiro atoms. The number of allylic oxidation sites excluding steroid dienone is 2. The van der Waals surface area contributed by atoms with Gasteiger partial charge in [0.15, 0.2) is 0 Å². The van der Waals surface area contributed by atoms with Crippen LogP contribution in [-0.2, 0) is 9.53 Å². The highest BCUT2D eigenvalue weighted by Crippen LogP contribution is 2.35. The summed E-state index contributed by atoms with van der Waals surface area (Å²) in [6.45, 7) is 0.421. The number of nitrogens with two attached hydrogens (primary N) is 1. The highest BCUT2D eigenvalue weighted by atomic mass is 35.5. The number of para-hydroxylation sites is 1. The van der Waals surface area contributed by atoms with Crippen molar-refractivity contribution in [3.8, 4) is 5.75 Å². The lowest BCUT2D eigenvalue weighted by molar-refractivity contribution is -0.145. The third-order valence-electron chi connectivity index (χ3n) is 6.80. The number of nitrogens with zero attached hydrogens (tertiary/aromatic N) is 2. The van der Waals surface area contributed by atoms with Crippen LogP contribution in [-0.4, -0.2) is 56.0 Å². The van der Waals surface area contributed by atoms with Gasteiger partial charge in [0.2, 0.25) is 0 Å². The van der Waals surface area contributed by atoms with E-state index < -0.39 is 23.8 Å². The molecule has 7 nitrogen and oxygen atoms in total. The molecule has 11 heteroatoms. The van der Waals surface area contributed by atoms with Crippen LogP contribution in [0.5, 0.6) is 5.75 Å². The molecule has 0 aromatic heterocycles. The number of benzene rings is 3. The number of likely N-dealkylation sites (tertiary alicyclic amines) is 1. The molecule has 0 unspecified atom stereocenters. The molecule has 1 amide bonds. The molecule has 1 saturated heterocycles. The summed E-state index contributed by atoms with van der Waals surface area (Å²) in [7, 11) is 2.86. The number of aliphatic imine (C=N–C) groups is 1. The number of halogens is 4. The van der Waals surface area contributed by atoms with Gasteiger partial charge in [-0.15, -0.1) is 0 Å². The van der Waals surface area contributed by atoms with Gasteiger partial charge in [-0.1, -0.05) is 48.0 Å². The largest absolute Gasteiger partial charge is 0.497 e. The van der Waals surface area contributed by atoms with Crippen LogP contribution in [0.15, 0.2) is 89.6 Å². The first-order chi connectivity index (χ1) is 19.5. The van der Waals surface area contributed by atoms with Gasteiger partial charge in [0.1, 0.15) is 11.4 Å². The summed E-state index contributed by atoms with van der Waals surface area (Å²) in [5.41, 5.74) is 5.56. The van der Waals surface area contributed by atoms with Crippen LogP contribution in [0.1, 0.15) is 27.4 Å². The first-order valence-corrected chi connectivity index (χ1v) is 12.9. The summed E-state index contributed by atoms with van der Waals surface area (Å²) in [6, 6.07) is 19.7. The Hall–Kier alpha value is -4.31. The van der Waals surface area contributed by atoms with Crippen molar-refractivity contribution in [2.75, 3.05) is 27.3 Å². The topological polar surface area (TPSA) is 94.2 Å². The zero-order valence-electron chi connectivity index (χ0n) is 22.2. The smallest absolute Gasteiger partial charge is 0.430 e. The fraction of sp³-hybridized carbons (Fsp3) is 0.233. The fourth-order valence-corrected chi connectivity index (χ4v) is 4.77. The second kappa shape index (κ2) is 12.5. The second-order valence-corrected chi connectivity index (χ2v) is 9.75. The number of esters is 1. The number of amides is 1. The molecule has 2 atom stereocenters. The standard InChI is InChI=1S/C30H27ClF3N3O4/c1-40-21-13-11-18(12-14-21)22-16-37(17-23(22)29(39)41-2)28(38)20-9-7-19(8-10-20)26(15-27(35)30(32,33)34)36-25-6-4-3-5-24(25)31/h3-15,22-23H,16-17,35H2,1-2H3/t22-,23-/m1/s1. The van der Waals surface area contributed by atoms with E-state index in [4.69, 9.17) is 26.8 Å². The number of methoxy groups -OCH3 is 2. The van der Waals surface area contributed by atoms with Gasteiger partial charge in [-0.05, 0) is 48.0 Å². The van der Waals surface area contributed by atoms with Gasteiger partial charge in [0.25, 0.3) is 5.91 Å². The van der Waals surface area contributed by atoms with Crippen molar-refractivity contribution in [1.29, 1.82) is 0 Å². The molecule has 0 saturated carbocycles.